The summed E-state index contributed by atoms with van der Waals surface area (Å²) in [4.78, 5) is 20.8. The largest absolute Gasteiger partial charge is 0.422 e. The summed E-state index contributed by atoms with van der Waals surface area (Å²) in [6.45, 7) is 0.524. The van der Waals surface area contributed by atoms with Crippen molar-refractivity contribution in [1.29, 1.82) is 0 Å². The molecule has 200 valence electrons. The lowest BCUT2D eigenvalue weighted by atomic mass is 10.0. The van der Waals surface area contributed by atoms with Crippen LogP contribution in [0.15, 0.2) is 46.9 Å². The van der Waals surface area contributed by atoms with E-state index < -0.39 is 32.5 Å². The van der Waals surface area contributed by atoms with Crippen LogP contribution < -0.4 is 10.3 Å². The number of fused-ring (bicyclic) bond motifs is 1. The third-order valence-corrected chi connectivity index (χ3v) is 8.59. The summed E-state index contributed by atoms with van der Waals surface area (Å²) in [5.41, 5.74) is 5.13. The maximum Gasteiger partial charge on any atom is 0.254 e. The van der Waals surface area contributed by atoms with E-state index >= 15 is 0 Å². The second kappa shape index (κ2) is 10.6. The molecule has 4 aromatic rings. The van der Waals surface area contributed by atoms with Crippen LogP contribution in [0.5, 0.6) is 0 Å². The number of thiazole rings is 1. The number of β-amino-alcohol motifs (C(OH)–C–C–N with tert-alkyl or cyclic N) is 1. The molecular weight excluding hydrogens is 556 g/mol. The fourth-order valence-electron chi connectivity index (χ4n) is 3.96. The van der Waals surface area contributed by atoms with Crippen LogP contribution in [0.3, 0.4) is 0 Å². The molecule has 1 saturated heterocycles. The van der Waals surface area contributed by atoms with Crippen molar-refractivity contribution < 1.29 is 31.5 Å². The molecule has 1 aliphatic rings. The quantitative estimate of drug-likeness (QED) is 0.164. The van der Waals surface area contributed by atoms with Crippen LogP contribution in [0.4, 0.5) is 0 Å². The summed E-state index contributed by atoms with van der Waals surface area (Å²) in [5, 5.41) is 16.1. The highest BCUT2D eigenvalue weighted by Crippen LogP contribution is 2.36. The van der Waals surface area contributed by atoms with Crippen LogP contribution in [0.1, 0.15) is 32.4 Å². The van der Waals surface area contributed by atoms with Crippen molar-refractivity contribution in [3.05, 3.63) is 64.8 Å². The number of benzene rings is 2. The molecule has 0 spiro atoms. The Morgan fingerprint density at radius 2 is 2.00 bits per heavy atom. The van der Waals surface area contributed by atoms with Gasteiger partial charge >= 0.3 is 0 Å². The lowest BCUT2D eigenvalue weighted by Gasteiger charge is -2.35. The Balaban J connectivity index is 1.42. The number of sulfone groups is 1. The summed E-state index contributed by atoms with van der Waals surface area (Å²) in [7, 11) is -3.76. The Hall–Kier alpha value is -3.12. The van der Waals surface area contributed by atoms with Gasteiger partial charge in [-0.2, -0.15) is 4.83 Å². The van der Waals surface area contributed by atoms with Gasteiger partial charge in [-0.3, -0.25) is 9.35 Å². The monoisotopic (exact) mass is 578 g/mol. The smallest absolute Gasteiger partial charge is 0.254 e. The molecule has 38 heavy (non-hydrogen) atoms. The fraction of sp³-hybridized carbons (Fsp3) is 0.273. The van der Waals surface area contributed by atoms with Gasteiger partial charge in [0.1, 0.15) is 5.01 Å². The molecule has 3 heterocycles. The zero-order valence-corrected chi connectivity index (χ0v) is 22.2. The van der Waals surface area contributed by atoms with Gasteiger partial charge in [-0.15, -0.1) is 21.5 Å². The summed E-state index contributed by atoms with van der Waals surface area (Å²) >= 11 is -1.13. The molecule has 0 aliphatic carbocycles. The average Bonchev–Trinajstić information content (AvgIpc) is 3.47. The number of aliphatic hydroxyl groups is 1. The Kier molecular flexibility index (Phi) is 7.36. The Labute approximate surface area is 223 Å². The highest BCUT2D eigenvalue weighted by atomic mass is 32.2. The molecule has 1 fully saturated rings. The molecule has 0 radical (unpaired) electrons. The van der Waals surface area contributed by atoms with Crippen molar-refractivity contribution >= 4 is 48.6 Å². The van der Waals surface area contributed by atoms with E-state index in [1.54, 1.807) is 29.2 Å². The van der Waals surface area contributed by atoms with Gasteiger partial charge in [-0.05, 0) is 35.4 Å². The second-order valence-corrected chi connectivity index (χ2v) is 12.5. The van der Waals surface area contributed by atoms with Crippen molar-refractivity contribution in [2.45, 2.75) is 17.9 Å². The first-order chi connectivity index (χ1) is 18.1. The number of hydrazine groups is 1. The van der Waals surface area contributed by atoms with Crippen LogP contribution in [-0.4, -0.2) is 73.7 Å². The number of aliphatic hydroxyl groups excluding tert-OH is 1. The molecule has 2 aromatic heterocycles. The Morgan fingerprint density at radius 1 is 1.24 bits per heavy atom. The molecule has 1 aliphatic heterocycles. The first-order valence-electron chi connectivity index (χ1n) is 11.2. The first kappa shape index (κ1) is 26.5. The Morgan fingerprint density at radius 3 is 2.71 bits per heavy atom. The number of aromatic nitrogens is 3. The van der Waals surface area contributed by atoms with Crippen molar-refractivity contribution in [2.24, 2.45) is 0 Å². The van der Waals surface area contributed by atoms with Crippen LogP contribution in [-0.2, 0) is 27.6 Å². The number of rotatable bonds is 9. The summed E-state index contributed by atoms with van der Waals surface area (Å²) < 4.78 is 51.1. The predicted molar refractivity (Wildman–Crippen MR) is 139 cm³/mol. The first-order valence-corrected chi connectivity index (χ1v) is 15.0. The molecular formula is C22H22N6O7S3. The van der Waals surface area contributed by atoms with Crippen LogP contribution >= 0.6 is 11.3 Å². The minimum atomic E-state index is -3.76. The van der Waals surface area contributed by atoms with Crippen molar-refractivity contribution in [3.8, 4) is 11.1 Å². The minimum absolute atomic E-state index is 0.0113. The molecule has 0 saturated carbocycles. The number of carbonyl (C=O) groups is 1. The minimum Gasteiger partial charge on any atom is -0.422 e. The second-order valence-electron chi connectivity index (χ2n) is 8.63. The van der Waals surface area contributed by atoms with Gasteiger partial charge in [0.05, 0.1) is 22.9 Å². The Bertz CT molecular complexity index is 1630. The number of hydrogen-bond acceptors (Lipinski definition) is 11. The van der Waals surface area contributed by atoms with Gasteiger partial charge < -0.3 is 14.4 Å². The highest BCUT2D eigenvalue weighted by Gasteiger charge is 2.34. The van der Waals surface area contributed by atoms with E-state index in [9.17, 15) is 22.5 Å². The lowest BCUT2D eigenvalue weighted by Crippen LogP contribution is -2.53. The molecule has 13 nitrogen and oxygen atoms in total. The van der Waals surface area contributed by atoms with Crippen molar-refractivity contribution in [1.82, 2.24) is 30.3 Å². The topological polar surface area (TPSA) is 188 Å². The van der Waals surface area contributed by atoms with E-state index in [1.165, 1.54) is 11.3 Å². The standard InChI is InChI=1S/C22H22N6O7S3/c1-38(33,34)19(20-26-25-18(35-20)9-23-27-37(31)32)21-24-16-6-5-13(8-17(16)36-21)12-3-2-4-14(7-12)22(30)28-10-15(29)11-28/h2-8,15,19,23,27,29H,9-11H2,1H3,(H,31,32). The van der Waals surface area contributed by atoms with E-state index in [0.717, 1.165) is 22.1 Å². The van der Waals surface area contributed by atoms with Gasteiger partial charge in [0.2, 0.25) is 23.0 Å². The number of likely N-dealkylation sites (tertiary alicyclic amines) is 1. The normalized spacial score (nSPS) is 15.9. The molecule has 16 heteroatoms. The number of amides is 1. The molecule has 2 unspecified atom stereocenters. The molecule has 0 bridgehead atoms. The number of hydrogen-bond donors (Lipinski definition) is 4. The SMILES string of the molecule is CS(=O)(=O)C(c1nnc(CNNS(=O)O)o1)c1nc2ccc(-c3cccc(C(=O)N4CC(O)C4)c3)cc2s1. The van der Waals surface area contributed by atoms with Gasteiger partial charge in [0.25, 0.3) is 5.91 Å². The van der Waals surface area contributed by atoms with E-state index in [-0.39, 0.29) is 29.2 Å². The third-order valence-electron chi connectivity index (χ3n) is 5.76. The fourth-order valence-corrected chi connectivity index (χ4v) is 6.69. The van der Waals surface area contributed by atoms with Crippen LogP contribution in [0, 0.1) is 0 Å². The van der Waals surface area contributed by atoms with Gasteiger partial charge in [-0.25, -0.2) is 23.0 Å². The van der Waals surface area contributed by atoms with Gasteiger partial charge in [-0.1, -0.05) is 18.2 Å². The third kappa shape index (κ3) is 5.65. The van der Waals surface area contributed by atoms with E-state index in [0.29, 0.717) is 24.2 Å². The van der Waals surface area contributed by atoms with Crippen molar-refractivity contribution in [3.63, 3.8) is 0 Å². The molecule has 5 rings (SSSR count). The molecule has 1 amide bonds. The summed E-state index contributed by atoms with van der Waals surface area (Å²) in [5.74, 6) is -0.308. The zero-order valence-electron chi connectivity index (χ0n) is 19.8. The molecule has 4 N–H and O–H groups in total. The van der Waals surface area contributed by atoms with E-state index in [2.05, 4.69) is 20.6 Å². The summed E-state index contributed by atoms with van der Waals surface area (Å²) in [6.07, 6.45) is 0.569. The molecule has 2 atom stereocenters. The van der Waals surface area contributed by atoms with Crippen LogP contribution in [0.2, 0.25) is 0 Å². The van der Waals surface area contributed by atoms with Gasteiger partial charge in [0, 0.05) is 24.9 Å². The van der Waals surface area contributed by atoms with E-state index in [1.807, 2.05) is 23.0 Å². The number of nitrogens with zero attached hydrogens (tertiary/aromatic N) is 4. The molecule has 2 aromatic carbocycles. The lowest BCUT2D eigenvalue weighted by molar-refractivity contribution is 0.00590. The predicted octanol–water partition coefficient (Wildman–Crippen LogP) is 1.03. The number of carbonyl (C=O) groups excluding carboxylic acids is 1. The van der Waals surface area contributed by atoms with E-state index in [4.69, 9.17) is 8.97 Å². The van der Waals surface area contributed by atoms with Crippen LogP contribution in [0.25, 0.3) is 21.3 Å². The van der Waals surface area contributed by atoms with Crippen molar-refractivity contribution in [2.75, 3.05) is 19.3 Å². The van der Waals surface area contributed by atoms with Gasteiger partial charge in [0.15, 0.2) is 15.1 Å². The maximum absolute atomic E-state index is 12.7. The zero-order chi connectivity index (χ0) is 27.0. The summed E-state index contributed by atoms with van der Waals surface area (Å²) in [6, 6.07) is 12.7. The number of nitrogens with one attached hydrogen (secondary N) is 2. The highest BCUT2D eigenvalue weighted by molar-refractivity contribution is 7.91. The average molecular weight is 579 g/mol. The maximum atomic E-state index is 12.7.